The van der Waals surface area contributed by atoms with Crippen LogP contribution in [0.2, 0.25) is 0 Å². The third kappa shape index (κ3) is 3.01. The summed E-state index contributed by atoms with van der Waals surface area (Å²) in [5.41, 5.74) is 0.702. The lowest BCUT2D eigenvalue weighted by Crippen LogP contribution is -2.20. The van der Waals surface area contributed by atoms with Gasteiger partial charge >= 0.3 is 5.97 Å². The molecule has 0 fully saturated rings. The molecule has 0 bridgehead atoms. The minimum Gasteiger partial charge on any atom is -0.466 e. The van der Waals surface area contributed by atoms with Gasteiger partial charge < -0.3 is 14.3 Å². The molecule has 7 nitrogen and oxygen atoms in total. The third-order valence-corrected chi connectivity index (χ3v) is 6.69. The number of fused-ring (bicyclic) bond motifs is 1. The van der Waals surface area contributed by atoms with E-state index in [4.69, 9.17) is 9.15 Å². The summed E-state index contributed by atoms with van der Waals surface area (Å²) in [4.78, 5) is 12.7. The van der Waals surface area contributed by atoms with Gasteiger partial charge in [-0.1, -0.05) is 36.4 Å². The van der Waals surface area contributed by atoms with Crippen LogP contribution in [0.4, 0.5) is 0 Å². The zero-order valence-corrected chi connectivity index (χ0v) is 17.1. The normalized spacial score (nSPS) is 12.8. The monoisotopic (exact) mass is 425 g/mol. The number of rotatable bonds is 5. The topological polar surface area (TPSA) is 98.7 Å². The first-order chi connectivity index (χ1) is 14.4. The molecule has 0 aliphatic rings. The average molecular weight is 425 g/mol. The van der Waals surface area contributed by atoms with Gasteiger partial charge in [-0.05, 0) is 36.8 Å². The van der Waals surface area contributed by atoms with E-state index in [2.05, 4.69) is 0 Å². The fraction of sp³-hybridized carbons (Fsp3) is 0.136. The number of carbonyl (C=O) groups is 1. The Morgan fingerprint density at radius 3 is 2.37 bits per heavy atom. The van der Waals surface area contributed by atoms with Crippen molar-refractivity contribution in [2.24, 2.45) is 0 Å². The summed E-state index contributed by atoms with van der Waals surface area (Å²) >= 11 is 0. The van der Waals surface area contributed by atoms with Gasteiger partial charge in [0.1, 0.15) is 5.76 Å². The quantitative estimate of drug-likeness (QED) is 0.490. The Morgan fingerprint density at radius 1 is 1.07 bits per heavy atom. The van der Waals surface area contributed by atoms with Crippen molar-refractivity contribution in [2.45, 2.75) is 17.9 Å². The second-order valence-corrected chi connectivity index (χ2v) is 8.51. The Kier molecular flexibility index (Phi) is 4.97. The number of carbonyl (C=O) groups excluding carboxylic acids is 1. The van der Waals surface area contributed by atoms with E-state index in [1.54, 1.807) is 55.5 Å². The van der Waals surface area contributed by atoms with Crippen LogP contribution in [0.25, 0.3) is 10.9 Å². The maximum Gasteiger partial charge on any atom is 0.340 e. The van der Waals surface area contributed by atoms with E-state index in [0.717, 1.165) is 3.97 Å². The molecule has 2 aromatic carbocycles. The Balaban J connectivity index is 2.14. The fourth-order valence-corrected chi connectivity index (χ4v) is 5.12. The lowest BCUT2D eigenvalue weighted by atomic mass is 10.0. The Bertz CT molecular complexity index is 1330. The number of nitrogens with zero attached hydrogens (tertiary/aromatic N) is 1. The molecule has 1 unspecified atom stereocenters. The molecule has 1 N–H and O–H groups in total. The molecule has 1 atom stereocenters. The van der Waals surface area contributed by atoms with E-state index in [0.29, 0.717) is 10.9 Å². The number of aryl methyl sites for hydroxylation is 1. The van der Waals surface area contributed by atoms with Crippen LogP contribution in [-0.2, 0) is 14.8 Å². The second-order valence-electron chi connectivity index (χ2n) is 6.72. The van der Waals surface area contributed by atoms with Gasteiger partial charge in [0.15, 0.2) is 6.10 Å². The molecule has 2 aromatic heterocycles. The predicted octanol–water partition coefficient (Wildman–Crippen LogP) is 3.65. The summed E-state index contributed by atoms with van der Waals surface area (Å²) in [6, 6.07) is 16.0. The maximum atomic E-state index is 13.6. The molecule has 0 radical (unpaired) electrons. The van der Waals surface area contributed by atoms with E-state index < -0.39 is 22.1 Å². The highest BCUT2D eigenvalue weighted by Crippen LogP contribution is 2.37. The SMILES string of the molecule is COC(=O)c1c(C(O)c2occc2C)n(S(=O)(=O)c2ccccc2)c2ccccc12. The zero-order valence-electron chi connectivity index (χ0n) is 16.3. The Hall–Kier alpha value is -3.36. The lowest BCUT2D eigenvalue weighted by molar-refractivity contribution is 0.0596. The molecule has 0 aliphatic heterocycles. The molecule has 2 heterocycles. The van der Waals surface area contributed by atoms with Gasteiger partial charge in [-0.15, -0.1) is 0 Å². The number of hydrogen-bond donors (Lipinski definition) is 1. The van der Waals surface area contributed by atoms with Crippen molar-refractivity contribution in [1.82, 2.24) is 3.97 Å². The summed E-state index contributed by atoms with van der Waals surface area (Å²) < 4.78 is 38.6. The highest BCUT2D eigenvalue weighted by Gasteiger charge is 2.35. The van der Waals surface area contributed by atoms with Crippen molar-refractivity contribution >= 4 is 26.9 Å². The number of methoxy groups -OCH3 is 1. The van der Waals surface area contributed by atoms with Crippen LogP contribution in [0.15, 0.2) is 76.2 Å². The third-order valence-electron chi connectivity index (χ3n) is 4.95. The first-order valence-corrected chi connectivity index (χ1v) is 10.6. The first kappa shape index (κ1) is 19.9. The lowest BCUT2D eigenvalue weighted by Gasteiger charge is -2.16. The van der Waals surface area contributed by atoms with Crippen LogP contribution in [0, 0.1) is 6.92 Å². The minimum atomic E-state index is -4.16. The molecule has 0 spiro atoms. The molecule has 0 saturated heterocycles. The molecule has 8 heteroatoms. The molecule has 0 saturated carbocycles. The number of hydrogen-bond acceptors (Lipinski definition) is 6. The van der Waals surface area contributed by atoms with Crippen molar-refractivity contribution in [3.63, 3.8) is 0 Å². The maximum absolute atomic E-state index is 13.6. The average Bonchev–Trinajstić information content (AvgIpc) is 3.34. The van der Waals surface area contributed by atoms with Crippen LogP contribution < -0.4 is 0 Å². The Labute approximate surface area is 173 Å². The number of aliphatic hydroxyl groups excluding tert-OH is 1. The van der Waals surface area contributed by atoms with Gasteiger partial charge in [0.05, 0.1) is 35.0 Å². The van der Waals surface area contributed by atoms with Crippen LogP contribution in [0.1, 0.15) is 33.5 Å². The van der Waals surface area contributed by atoms with Crippen LogP contribution in [0.5, 0.6) is 0 Å². The molecule has 0 amide bonds. The van der Waals surface area contributed by atoms with Gasteiger partial charge in [-0.3, -0.25) is 0 Å². The molecular formula is C22H19NO6S. The number of benzene rings is 2. The number of esters is 1. The molecule has 4 aromatic rings. The number of ether oxygens (including phenoxy) is 1. The molecule has 0 aliphatic carbocycles. The van der Waals surface area contributed by atoms with Gasteiger partial charge in [0.2, 0.25) is 0 Å². The largest absolute Gasteiger partial charge is 0.466 e. The van der Waals surface area contributed by atoms with Gasteiger partial charge in [-0.2, -0.15) is 0 Å². The van der Waals surface area contributed by atoms with Crippen molar-refractivity contribution in [3.05, 3.63) is 89.5 Å². The highest BCUT2D eigenvalue weighted by molar-refractivity contribution is 7.90. The van der Waals surface area contributed by atoms with Crippen molar-refractivity contribution in [1.29, 1.82) is 0 Å². The van der Waals surface area contributed by atoms with E-state index >= 15 is 0 Å². The minimum absolute atomic E-state index is 0.0202. The van der Waals surface area contributed by atoms with Gasteiger partial charge in [-0.25, -0.2) is 17.2 Å². The highest BCUT2D eigenvalue weighted by atomic mass is 32.2. The zero-order chi connectivity index (χ0) is 21.5. The van der Waals surface area contributed by atoms with E-state index in [1.807, 2.05) is 0 Å². The molecular weight excluding hydrogens is 406 g/mol. The summed E-state index contributed by atoms with van der Waals surface area (Å²) in [5.74, 6) is -0.612. The predicted molar refractivity (Wildman–Crippen MR) is 110 cm³/mol. The van der Waals surface area contributed by atoms with E-state index in [9.17, 15) is 18.3 Å². The van der Waals surface area contributed by atoms with Crippen molar-refractivity contribution < 1.29 is 27.5 Å². The molecule has 154 valence electrons. The standard InChI is InChI=1S/C22H19NO6S/c1-14-12-13-29-21(14)20(24)19-18(22(25)28-2)16-10-6-7-11-17(16)23(19)30(26,27)15-8-4-3-5-9-15/h3-13,20,24H,1-2H3. The van der Waals surface area contributed by atoms with Gasteiger partial charge in [0.25, 0.3) is 10.0 Å². The number of aromatic nitrogens is 1. The first-order valence-electron chi connectivity index (χ1n) is 9.12. The van der Waals surface area contributed by atoms with Crippen LogP contribution in [-0.4, -0.2) is 30.6 Å². The summed E-state index contributed by atoms with van der Waals surface area (Å²) in [6.45, 7) is 1.72. The Morgan fingerprint density at radius 2 is 1.73 bits per heavy atom. The second kappa shape index (κ2) is 7.47. The summed E-state index contributed by atoms with van der Waals surface area (Å²) in [6.07, 6.45) is -0.121. The number of para-hydroxylation sites is 1. The molecule has 4 rings (SSSR count). The van der Waals surface area contributed by atoms with Crippen molar-refractivity contribution in [2.75, 3.05) is 7.11 Å². The number of aliphatic hydroxyl groups is 1. The number of furan rings is 1. The van der Waals surface area contributed by atoms with E-state index in [1.165, 1.54) is 25.5 Å². The smallest absolute Gasteiger partial charge is 0.340 e. The van der Waals surface area contributed by atoms with Crippen LogP contribution >= 0.6 is 0 Å². The van der Waals surface area contributed by atoms with Gasteiger partial charge in [0, 0.05) is 5.39 Å². The van der Waals surface area contributed by atoms with Crippen molar-refractivity contribution in [3.8, 4) is 0 Å². The fourth-order valence-electron chi connectivity index (χ4n) is 3.54. The molecule has 30 heavy (non-hydrogen) atoms. The van der Waals surface area contributed by atoms with E-state index in [-0.39, 0.29) is 27.4 Å². The summed E-state index contributed by atoms with van der Waals surface area (Å²) in [5, 5.41) is 11.5. The summed E-state index contributed by atoms with van der Waals surface area (Å²) in [7, 11) is -2.96. The van der Waals surface area contributed by atoms with Crippen LogP contribution in [0.3, 0.4) is 0 Å².